The van der Waals surface area contributed by atoms with Crippen molar-refractivity contribution in [3.05, 3.63) is 65.9 Å². The summed E-state index contributed by atoms with van der Waals surface area (Å²) in [4.78, 5) is 24.5. The standard InChI is InChI=1S/C22H19ClN5O5PS.Na.H/c23-13-6-8-15(9-7-13)35-22-27-19-20(26-14-4-2-1-3-5-14)24-12-25-21(19)28(22)18-10-16-17(32-18)11-31-34(29,30)33-16;;/h1-9,12,16-18H,10-11H2,(H,29,30)(H,24,25,26);;/q;+1;-1/t16-,17+,18+;;/m0../s1. The molecule has 2 aliphatic heterocycles. The van der Waals surface area contributed by atoms with E-state index in [9.17, 15) is 9.46 Å². The SMILES string of the molecule is O=P1(O)OC[C@H]2O[C@@H](n3c(Sc4ccc(Cl)cc4)nc4c(Nc5ccccc5)ncnc43)C[C@@H]2O1.[H-].[Na+]. The zero-order chi connectivity index (χ0) is 24.0. The van der Waals surface area contributed by atoms with Crippen LogP contribution in [0.25, 0.3) is 11.2 Å². The van der Waals surface area contributed by atoms with Crippen LogP contribution in [0.1, 0.15) is 14.1 Å². The van der Waals surface area contributed by atoms with Crippen LogP contribution in [0.3, 0.4) is 0 Å². The molecule has 4 aromatic rings. The summed E-state index contributed by atoms with van der Waals surface area (Å²) >= 11 is 7.48. The number of phosphoric acid groups is 1. The summed E-state index contributed by atoms with van der Waals surface area (Å²) in [6.07, 6.45) is 0.198. The maximum atomic E-state index is 11.9. The summed E-state index contributed by atoms with van der Waals surface area (Å²) in [7, 11) is -4.08. The van der Waals surface area contributed by atoms with E-state index in [4.69, 9.17) is 30.4 Å². The summed E-state index contributed by atoms with van der Waals surface area (Å²) in [6, 6.07) is 17.1. The molecule has 0 bridgehead atoms. The molecule has 2 aromatic heterocycles. The van der Waals surface area contributed by atoms with Gasteiger partial charge in [-0.2, -0.15) is 0 Å². The van der Waals surface area contributed by atoms with E-state index in [1.807, 2.05) is 59.2 Å². The molecule has 182 valence electrons. The Morgan fingerprint density at radius 3 is 2.69 bits per heavy atom. The van der Waals surface area contributed by atoms with Gasteiger partial charge in [0.05, 0.1) is 6.61 Å². The minimum atomic E-state index is -4.08. The fourth-order valence-electron chi connectivity index (χ4n) is 4.07. The number of phosphoric ester groups is 1. The number of nitrogens with zero attached hydrogens (tertiary/aromatic N) is 4. The monoisotopic (exact) mass is 555 g/mol. The maximum Gasteiger partial charge on any atom is 1.00 e. The first kappa shape index (κ1) is 26.1. The Morgan fingerprint density at radius 1 is 1.14 bits per heavy atom. The fourth-order valence-corrected chi connectivity index (χ4v) is 6.08. The number of benzene rings is 2. The molecule has 2 aliphatic rings. The molecule has 36 heavy (non-hydrogen) atoms. The first-order valence-electron chi connectivity index (χ1n) is 10.7. The summed E-state index contributed by atoms with van der Waals surface area (Å²) in [5, 5.41) is 4.56. The van der Waals surface area contributed by atoms with Gasteiger partial charge in [-0.1, -0.05) is 41.6 Å². The van der Waals surface area contributed by atoms with Gasteiger partial charge in [0.15, 0.2) is 22.1 Å². The maximum absolute atomic E-state index is 11.9. The van der Waals surface area contributed by atoms with E-state index >= 15 is 0 Å². The predicted molar refractivity (Wildman–Crippen MR) is 131 cm³/mol. The molecular weight excluding hydrogens is 536 g/mol. The number of hydrogen-bond donors (Lipinski definition) is 2. The van der Waals surface area contributed by atoms with Gasteiger partial charge >= 0.3 is 37.4 Å². The Balaban J connectivity index is 0.00000160. The number of imidazole rings is 1. The van der Waals surface area contributed by atoms with Gasteiger partial charge in [-0.3, -0.25) is 13.6 Å². The Morgan fingerprint density at radius 2 is 1.92 bits per heavy atom. The molecule has 1 unspecified atom stereocenters. The zero-order valence-corrected chi connectivity index (χ0v) is 23.5. The van der Waals surface area contributed by atoms with E-state index in [1.165, 1.54) is 18.1 Å². The number of aromatic nitrogens is 4. The first-order chi connectivity index (χ1) is 16.9. The Kier molecular flexibility index (Phi) is 7.77. The van der Waals surface area contributed by atoms with Crippen LogP contribution >= 0.6 is 31.2 Å². The van der Waals surface area contributed by atoms with Gasteiger partial charge in [-0.25, -0.2) is 19.5 Å². The van der Waals surface area contributed by atoms with E-state index in [-0.39, 0.29) is 37.6 Å². The quantitative estimate of drug-likeness (QED) is 0.280. The van der Waals surface area contributed by atoms with Crippen LogP contribution in [-0.2, 0) is 18.3 Å². The number of para-hydroxylation sites is 1. The summed E-state index contributed by atoms with van der Waals surface area (Å²) in [5.74, 6) is 0.549. The van der Waals surface area contributed by atoms with Crippen molar-refractivity contribution in [2.75, 3.05) is 11.9 Å². The molecule has 10 nitrogen and oxygen atoms in total. The Labute approximate surface area is 239 Å². The van der Waals surface area contributed by atoms with Crippen molar-refractivity contribution in [3.63, 3.8) is 0 Å². The van der Waals surface area contributed by atoms with Crippen molar-refractivity contribution in [3.8, 4) is 0 Å². The third-order valence-electron chi connectivity index (χ3n) is 5.64. The first-order valence-corrected chi connectivity index (χ1v) is 13.4. The number of halogens is 1. The normalized spacial score (nSPS) is 25.3. The van der Waals surface area contributed by atoms with Gasteiger partial charge in [0, 0.05) is 22.0 Å². The molecule has 4 atom stereocenters. The van der Waals surface area contributed by atoms with E-state index < -0.39 is 26.3 Å². The van der Waals surface area contributed by atoms with Crippen molar-refractivity contribution in [1.82, 2.24) is 19.5 Å². The van der Waals surface area contributed by atoms with Crippen molar-refractivity contribution >= 4 is 53.9 Å². The van der Waals surface area contributed by atoms with Crippen molar-refractivity contribution in [1.29, 1.82) is 0 Å². The van der Waals surface area contributed by atoms with Crippen LogP contribution in [0.4, 0.5) is 11.5 Å². The second-order valence-corrected chi connectivity index (χ2v) is 10.9. The second-order valence-electron chi connectivity index (χ2n) is 7.98. The van der Waals surface area contributed by atoms with Crippen molar-refractivity contribution < 1.29 is 54.2 Å². The molecule has 2 aromatic carbocycles. The summed E-state index contributed by atoms with van der Waals surface area (Å²) in [6.45, 7) is -0.0307. The molecular formula is C22H20ClN5NaO5PS. The number of anilines is 2. The molecule has 4 heterocycles. The molecule has 0 aliphatic carbocycles. The van der Waals surface area contributed by atoms with E-state index in [2.05, 4.69) is 15.3 Å². The van der Waals surface area contributed by atoms with Crippen LogP contribution in [0.2, 0.25) is 5.02 Å². The van der Waals surface area contributed by atoms with Crippen molar-refractivity contribution in [2.24, 2.45) is 0 Å². The van der Waals surface area contributed by atoms with Gasteiger partial charge in [-0.05, 0) is 36.4 Å². The molecule has 0 radical (unpaired) electrons. The summed E-state index contributed by atoms with van der Waals surface area (Å²) in [5.41, 5.74) is 1.99. The summed E-state index contributed by atoms with van der Waals surface area (Å²) < 4.78 is 30.2. The molecule has 0 spiro atoms. The number of rotatable bonds is 5. The van der Waals surface area contributed by atoms with Gasteiger partial charge in [0.25, 0.3) is 0 Å². The van der Waals surface area contributed by atoms with Gasteiger partial charge in [-0.15, -0.1) is 0 Å². The Bertz CT molecular complexity index is 1440. The van der Waals surface area contributed by atoms with Crippen LogP contribution < -0.4 is 34.9 Å². The van der Waals surface area contributed by atoms with Crippen LogP contribution in [0.15, 0.2) is 71.0 Å². The number of hydrogen-bond acceptors (Lipinski definition) is 9. The molecule has 0 saturated carbocycles. The van der Waals surface area contributed by atoms with E-state index in [0.29, 0.717) is 33.6 Å². The van der Waals surface area contributed by atoms with Gasteiger partial charge < -0.3 is 16.4 Å². The van der Waals surface area contributed by atoms with Crippen LogP contribution in [0, 0.1) is 0 Å². The van der Waals surface area contributed by atoms with Crippen LogP contribution in [-0.4, -0.2) is 43.2 Å². The smallest absolute Gasteiger partial charge is 1.00 e. The third kappa shape index (κ3) is 5.37. The molecule has 0 amide bonds. The van der Waals surface area contributed by atoms with E-state index in [1.54, 1.807) is 0 Å². The van der Waals surface area contributed by atoms with Gasteiger partial charge in [0.2, 0.25) is 0 Å². The zero-order valence-electron chi connectivity index (χ0n) is 20.0. The minimum absolute atomic E-state index is 0. The number of ether oxygens (including phenoxy) is 1. The van der Waals surface area contributed by atoms with Gasteiger partial charge in [0.1, 0.15) is 24.8 Å². The molecule has 2 N–H and O–H groups in total. The Hall–Kier alpha value is -1.50. The van der Waals surface area contributed by atoms with E-state index in [0.717, 1.165) is 10.6 Å². The number of fused-ring (bicyclic) bond motifs is 2. The van der Waals surface area contributed by atoms with Crippen molar-refractivity contribution in [2.45, 2.75) is 34.9 Å². The average molecular weight is 556 g/mol. The predicted octanol–water partition coefficient (Wildman–Crippen LogP) is 2.29. The topological polar surface area (TPSA) is 121 Å². The third-order valence-corrected chi connectivity index (χ3v) is 7.89. The fraction of sp³-hybridized carbons (Fsp3) is 0.227. The largest absolute Gasteiger partial charge is 1.00 e. The molecule has 6 rings (SSSR count). The molecule has 2 fully saturated rings. The molecule has 14 heteroatoms. The average Bonchev–Trinajstić information content (AvgIpc) is 3.41. The minimum Gasteiger partial charge on any atom is -1.00 e. The number of nitrogens with one attached hydrogen (secondary N) is 1. The van der Waals surface area contributed by atoms with Crippen LogP contribution in [0.5, 0.6) is 0 Å². The second kappa shape index (κ2) is 10.7. The molecule has 2 saturated heterocycles.